The lowest BCUT2D eigenvalue weighted by molar-refractivity contribution is 0.327. The van der Waals surface area contributed by atoms with Gasteiger partial charge >= 0.3 is 0 Å². The Bertz CT molecular complexity index is 1830. The van der Waals surface area contributed by atoms with Gasteiger partial charge in [0, 0.05) is 6.07 Å². The van der Waals surface area contributed by atoms with Crippen molar-refractivity contribution in [3.05, 3.63) is 71.3 Å². The third-order valence-corrected chi connectivity index (χ3v) is 7.17. The van der Waals surface area contributed by atoms with Gasteiger partial charge in [0.05, 0.1) is 33.2 Å². The van der Waals surface area contributed by atoms with Crippen LogP contribution in [0, 0.1) is 5.82 Å². The number of halogens is 2. The van der Waals surface area contributed by atoms with Crippen LogP contribution in [0.2, 0.25) is 5.15 Å². The van der Waals surface area contributed by atoms with E-state index in [0.29, 0.717) is 35.4 Å². The number of sulfonamides is 1. The van der Waals surface area contributed by atoms with Crippen LogP contribution < -0.4 is 19.3 Å². The van der Waals surface area contributed by atoms with E-state index < -0.39 is 21.1 Å². The van der Waals surface area contributed by atoms with E-state index in [9.17, 15) is 12.8 Å². The number of benzene rings is 1. The molecule has 0 radical (unpaired) electrons. The van der Waals surface area contributed by atoms with Crippen LogP contribution in [0.15, 0.2) is 48.8 Å². The Hall–Kier alpha value is -4.47. The van der Waals surface area contributed by atoms with Crippen LogP contribution in [0.1, 0.15) is 23.7 Å². The number of pyridine rings is 1. The maximum atomic E-state index is 13.6. The molecule has 0 saturated carbocycles. The van der Waals surface area contributed by atoms with E-state index in [-0.39, 0.29) is 33.8 Å². The van der Waals surface area contributed by atoms with Crippen molar-refractivity contribution in [2.75, 3.05) is 20.8 Å². The van der Waals surface area contributed by atoms with Gasteiger partial charge in [0.15, 0.2) is 39.2 Å². The molecule has 16 heteroatoms. The number of para-hydroxylation sites is 1. The van der Waals surface area contributed by atoms with E-state index in [4.69, 9.17) is 31.0 Å². The minimum absolute atomic E-state index is 0.0403. The third kappa shape index (κ3) is 5.33. The molecule has 2 N–H and O–H groups in total. The molecule has 4 aromatic heterocycles. The molecule has 0 aliphatic heterocycles. The van der Waals surface area contributed by atoms with Gasteiger partial charge < -0.3 is 14.2 Å². The first kappa shape index (κ1) is 28.1. The molecule has 0 spiro atoms. The fourth-order valence-electron chi connectivity index (χ4n) is 4.14. The summed E-state index contributed by atoms with van der Waals surface area (Å²) in [5.41, 5.74) is 0.531. The highest BCUT2D eigenvalue weighted by Gasteiger charge is 2.35. The van der Waals surface area contributed by atoms with Gasteiger partial charge in [0.25, 0.3) is 0 Å². The highest BCUT2D eigenvalue weighted by molar-refractivity contribution is 7.89. The summed E-state index contributed by atoms with van der Waals surface area (Å²) in [7, 11) is -1.53. The van der Waals surface area contributed by atoms with Crippen LogP contribution in [0.5, 0.6) is 17.4 Å². The average Bonchev–Trinajstić information content (AvgIpc) is 3.31. The standard InChI is InChI=1S/C25H22ClFN8O5S/c1-4-40-17-10-5-7-14(31-17)24-34-23-25(35(24)19-15(38-2)8-6-9-16(19)39-3)32-18(21(26)33-23)20(41(28,36)37)22-29-11-13(27)12-30-22/h5-12,20H,4H2,1-3H3,(H2,28,36,37). The van der Waals surface area contributed by atoms with Gasteiger partial charge in [0.2, 0.25) is 15.9 Å². The molecular weight excluding hydrogens is 579 g/mol. The second kappa shape index (κ2) is 11.2. The summed E-state index contributed by atoms with van der Waals surface area (Å²) in [4.78, 5) is 25.7. The average molecular weight is 601 g/mol. The van der Waals surface area contributed by atoms with Crippen LogP contribution in [0.25, 0.3) is 28.5 Å². The van der Waals surface area contributed by atoms with Crippen LogP contribution in [0.3, 0.4) is 0 Å². The first-order valence-electron chi connectivity index (χ1n) is 11.9. The number of nitrogens with zero attached hydrogens (tertiary/aromatic N) is 7. The number of ether oxygens (including phenoxy) is 3. The summed E-state index contributed by atoms with van der Waals surface area (Å²) in [6, 6.07) is 10.2. The fourth-order valence-corrected chi connectivity index (χ4v) is 5.33. The zero-order valence-corrected chi connectivity index (χ0v) is 23.4. The molecule has 0 saturated heterocycles. The highest BCUT2D eigenvalue weighted by atomic mass is 35.5. The third-order valence-electron chi connectivity index (χ3n) is 5.80. The minimum atomic E-state index is -4.48. The molecule has 0 fully saturated rings. The molecule has 1 atom stereocenters. The largest absolute Gasteiger partial charge is 0.494 e. The molecule has 0 bridgehead atoms. The number of nitrogens with two attached hydrogens (primary N) is 1. The lowest BCUT2D eigenvalue weighted by Crippen LogP contribution is -2.26. The zero-order chi connectivity index (χ0) is 29.3. The van der Waals surface area contributed by atoms with Crippen molar-refractivity contribution >= 4 is 32.9 Å². The van der Waals surface area contributed by atoms with Gasteiger partial charge in [-0.15, -0.1) is 0 Å². The Balaban J connectivity index is 1.88. The monoisotopic (exact) mass is 600 g/mol. The predicted octanol–water partition coefficient (Wildman–Crippen LogP) is 3.25. The lowest BCUT2D eigenvalue weighted by Gasteiger charge is -2.17. The van der Waals surface area contributed by atoms with Gasteiger partial charge in [-0.2, -0.15) is 0 Å². The number of hydrogen-bond donors (Lipinski definition) is 1. The van der Waals surface area contributed by atoms with Gasteiger partial charge in [-0.1, -0.05) is 23.7 Å². The molecule has 212 valence electrons. The zero-order valence-electron chi connectivity index (χ0n) is 21.8. The summed E-state index contributed by atoms with van der Waals surface area (Å²) in [6.07, 6.45) is 1.61. The summed E-state index contributed by atoms with van der Waals surface area (Å²) in [6.45, 7) is 2.21. The van der Waals surface area contributed by atoms with E-state index in [1.54, 1.807) is 41.0 Å². The minimum Gasteiger partial charge on any atom is -0.494 e. The number of primary sulfonamides is 1. The Morgan fingerprint density at radius 2 is 1.66 bits per heavy atom. The second-order valence-corrected chi connectivity index (χ2v) is 10.4. The lowest BCUT2D eigenvalue weighted by atomic mass is 10.2. The summed E-state index contributed by atoms with van der Waals surface area (Å²) in [5.74, 6) is 0.197. The van der Waals surface area contributed by atoms with Crippen molar-refractivity contribution in [2.24, 2.45) is 5.14 Å². The topological polar surface area (TPSA) is 170 Å². The second-order valence-electron chi connectivity index (χ2n) is 8.35. The predicted molar refractivity (Wildman–Crippen MR) is 146 cm³/mol. The first-order chi connectivity index (χ1) is 19.7. The van der Waals surface area contributed by atoms with Gasteiger partial charge in [-0.05, 0) is 25.1 Å². The van der Waals surface area contributed by atoms with Crippen molar-refractivity contribution in [3.63, 3.8) is 0 Å². The SMILES string of the molecule is CCOc1cccc(-c2nc3nc(Cl)c(C(c4ncc(F)cn4)S(N)(=O)=O)nc3n2-c2c(OC)cccc2OC)n1. The molecule has 1 aromatic carbocycles. The number of fused-ring (bicyclic) bond motifs is 1. The number of methoxy groups -OCH3 is 2. The van der Waals surface area contributed by atoms with Gasteiger partial charge in [-0.25, -0.2) is 47.9 Å². The maximum Gasteiger partial charge on any atom is 0.225 e. The van der Waals surface area contributed by atoms with Crippen molar-refractivity contribution in [3.8, 4) is 34.6 Å². The highest BCUT2D eigenvalue weighted by Crippen LogP contribution is 2.39. The van der Waals surface area contributed by atoms with Gasteiger partial charge in [0.1, 0.15) is 28.6 Å². The molecule has 41 heavy (non-hydrogen) atoms. The van der Waals surface area contributed by atoms with Crippen molar-refractivity contribution in [2.45, 2.75) is 12.2 Å². The number of rotatable bonds is 9. The normalized spacial score (nSPS) is 12.3. The molecule has 0 aliphatic carbocycles. The van der Waals surface area contributed by atoms with Crippen LogP contribution in [-0.4, -0.2) is 63.7 Å². The van der Waals surface area contributed by atoms with Crippen LogP contribution >= 0.6 is 11.6 Å². The Kier molecular flexibility index (Phi) is 7.66. The van der Waals surface area contributed by atoms with Crippen LogP contribution in [-0.2, 0) is 10.0 Å². The molecular formula is C25H22ClFN8O5S. The summed E-state index contributed by atoms with van der Waals surface area (Å²) < 4.78 is 57.5. The molecule has 5 rings (SSSR count). The smallest absolute Gasteiger partial charge is 0.225 e. The maximum absolute atomic E-state index is 13.6. The molecule has 13 nitrogen and oxygen atoms in total. The Morgan fingerprint density at radius 1 is 1.00 bits per heavy atom. The van der Waals surface area contributed by atoms with Crippen molar-refractivity contribution in [1.29, 1.82) is 0 Å². The van der Waals surface area contributed by atoms with E-state index in [0.717, 1.165) is 12.4 Å². The van der Waals surface area contributed by atoms with E-state index >= 15 is 0 Å². The van der Waals surface area contributed by atoms with Gasteiger partial charge in [-0.3, -0.25) is 4.57 Å². The molecule has 4 heterocycles. The molecule has 1 unspecified atom stereocenters. The van der Waals surface area contributed by atoms with E-state index in [1.807, 2.05) is 6.92 Å². The fraction of sp³-hybridized carbons (Fsp3) is 0.200. The Labute approximate surface area is 238 Å². The molecule has 5 aromatic rings. The summed E-state index contributed by atoms with van der Waals surface area (Å²) >= 11 is 6.46. The quantitative estimate of drug-likeness (QED) is 0.263. The number of imidazole rings is 1. The van der Waals surface area contributed by atoms with Crippen molar-refractivity contribution < 1.29 is 27.0 Å². The Morgan fingerprint density at radius 3 is 2.27 bits per heavy atom. The van der Waals surface area contributed by atoms with Crippen LogP contribution in [0.4, 0.5) is 4.39 Å². The first-order valence-corrected chi connectivity index (χ1v) is 13.9. The summed E-state index contributed by atoms with van der Waals surface area (Å²) in [5, 5.41) is 3.45. The van der Waals surface area contributed by atoms with Crippen molar-refractivity contribution in [1.82, 2.24) is 34.5 Å². The van der Waals surface area contributed by atoms with E-state index in [2.05, 4.69) is 29.9 Å². The number of hydrogen-bond acceptors (Lipinski definition) is 11. The van der Waals surface area contributed by atoms with E-state index in [1.165, 1.54) is 14.2 Å². The molecule has 0 amide bonds. The number of aromatic nitrogens is 7. The molecule has 0 aliphatic rings.